The van der Waals surface area contributed by atoms with Crippen LogP contribution in [0.4, 0.5) is 0 Å². The number of aliphatic carboxylic acids is 1. The van der Waals surface area contributed by atoms with E-state index in [4.69, 9.17) is 4.74 Å². The topological polar surface area (TPSA) is 63.6 Å². The number of hydrogen-bond donors (Lipinski definition) is 1. The van der Waals surface area contributed by atoms with Crippen molar-refractivity contribution in [3.05, 3.63) is 12.7 Å². The zero-order valence-electron chi connectivity index (χ0n) is 11.4. The number of carboxylic acids is 1. The van der Waals surface area contributed by atoms with Crippen LogP contribution in [0.3, 0.4) is 0 Å². The third-order valence-electron chi connectivity index (χ3n) is 6.51. The van der Waals surface area contributed by atoms with Crippen molar-refractivity contribution < 1.29 is 19.4 Å². The van der Waals surface area contributed by atoms with Crippen molar-refractivity contribution in [1.82, 2.24) is 0 Å². The molecule has 4 aliphatic rings. The van der Waals surface area contributed by atoms with Gasteiger partial charge in [0.15, 0.2) is 0 Å². The minimum absolute atomic E-state index is 0.000505. The first-order chi connectivity index (χ1) is 9.60. The van der Waals surface area contributed by atoms with Crippen LogP contribution in [0.15, 0.2) is 12.7 Å². The first kappa shape index (κ1) is 12.4. The molecule has 4 rings (SSSR count). The van der Waals surface area contributed by atoms with E-state index < -0.39 is 5.97 Å². The average Bonchev–Trinajstić information content (AvgIpc) is 3.14. The van der Waals surface area contributed by atoms with Gasteiger partial charge in [0, 0.05) is 6.08 Å². The van der Waals surface area contributed by atoms with Gasteiger partial charge in [0.1, 0.15) is 6.10 Å². The van der Waals surface area contributed by atoms with E-state index in [1.54, 1.807) is 0 Å². The van der Waals surface area contributed by atoms with Gasteiger partial charge in [-0.25, -0.2) is 4.79 Å². The van der Waals surface area contributed by atoms with Crippen LogP contribution in [0.5, 0.6) is 0 Å². The lowest BCUT2D eigenvalue weighted by Gasteiger charge is -2.40. The Kier molecular flexibility index (Phi) is 2.54. The maximum absolute atomic E-state index is 11.4. The van der Waals surface area contributed by atoms with Crippen LogP contribution in [0, 0.1) is 41.4 Å². The van der Waals surface area contributed by atoms with Crippen LogP contribution in [-0.2, 0) is 14.3 Å². The Morgan fingerprint density at radius 3 is 2.45 bits per heavy atom. The van der Waals surface area contributed by atoms with E-state index in [1.807, 2.05) is 0 Å². The molecule has 0 aromatic rings. The monoisotopic (exact) mass is 276 g/mol. The van der Waals surface area contributed by atoms with E-state index >= 15 is 0 Å². The first-order valence-corrected chi connectivity index (χ1v) is 7.66. The van der Waals surface area contributed by atoms with E-state index in [1.165, 1.54) is 6.08 Å². The molecule has 4 fully saturated rings. The van der Waals surface area contributed by atoms with Gasteiger partial charge in [0.25, 0.3) is 0 Å². The molecule has 4 heteroatoms. The molecule has 4 aliphatic carbocycles. The number of carbonyl (C=O) groups excluding carboxylic acids is 1. The van der Waals surface area contributed by atoms with Crippen molar-refractivity contribution in [1.29, 1.82) is 0 Å². The molecule has 1 N–H and O–H groups in total. The number of ether oxygens (including phenoxy) is 1. The highest BCUT2D eigenvalue weighted by atomic mass is 16.5. The Hall–Kier alpha value is -1.32. The molecule has 0 saturated heterocycles. The molecule has 4 nitrogen and oxygen atoms in total. The second-order valence-corrected chi connectivity index (χ2v) is 7.07. The zero-order valence-corrected chi connectivity index (χ0v) is 11.4. The van der Waals surface area contributed by atoms with Crippen LogP contribution in [0.1, 0.15) is 25.7 Å². The van der Waals surface area contributed by atoms with Gasteiger partial charge < -0.3 is 9.84 Å². The predicted molar refractivity (Wildman–Crippen MR) is 70.6 cm³/mol. The zero-order chi connectivity index (χ0) is 14.0. The molecule has 108 valence electrons. The SMILES string of the molecule is C=CC(=O)OC1C[C@@H]2C[C@H]1C1C2[C@H]2CC(C(=O)O)[C@@H]1C2. The van der Waals surface area contributed by atoms with Gasteiger partial charge in [0.2, 0.25) is 0 Å². The fraction of sp³-hybridized carbons (Fsp3) is 0.750. The molecule has 20 heavy (non-hydrogen) atoms. The number of carbonyl (C=O) groups is 2. The standard InChI is InChI=1S/C16H20O4/c1-2-13(17)20-12-6-8-5-11(12)15-9-3-7(14(8)15)4-10(9)16(18)19/h2,7-12,14-15H,1,3-6H2,(H,18,19)/t7-,8+,9+,10?,11-,12?,14?,15?/m1/s1. The molecule has 0 aliphatic heterocycles. The fourth-order valence-electron chi connectivity index (χ4n) is 6.16. The summed E-state index contributed by atoms with van der Waals surface area (Å²) in [6.45, 7) is 3.45. The van der Waals surface area contributed by atoms with Crippen LogP contribution in [-0.4, -0.2) is 23.1 Å². The van der Waals surface area contributed by atoms with E-state index in [0.717, 1.165) is 25.7 Å². The Labute approximate surface area is 118 Å². The third kappa shape index (κ3) is 1.48. The van der Waals surface area contributed by atoms with Crippen LogP contribution >= 0.6 is 0 Å². The number of hydrogen-bond acceptors (Lipinski definition) is 3. The Morgan fingerprint density at radius 1 is 1.05 bits per heavy atom. The van der Waals surface area contributed by atoms with E-state index in [0.29, 0.717) is 35.5 Å². The summed E-state index contributed by atoms with van der Waals surface area (Å²) in [4.78, 5) is 22.8. The molecule has 0 amide bonds. The van der Waals surface area contributed by atoms with E-state index in [2.05, 4.69) is 6.58 Å². The van der Waals surface area contributed by atoms with Gasteiger partial charge in [-0.05, 0) is 61.2 Å². The van der Waals surface area contributed by atoms with E-state index in [9.17, 15) is 14.7 Å². The molecule has 0 radical (unpaired) electrons. The normalized spacial score (nSPS) is 51.0. The van der Waals surface area contributed by atoms with Gasteiger partial charge in [-0.15, -0.1) is 0 Å². The molecular formula is C16H20O4. The third-order valence-corrected chi connectivity index (χ3v) is 6.51. The van der Waals surface area contributed by atoms with Crippen LogP contribution in [0.25, 0.3) is 0 Å². The highest BCUT2D eigenvalue weighted by molar-refractivity contribution is 5.81. The van der Waals surface area contributed by atoms with Crippen molar-refractivity contribution >= 4 is 11.9 Å². The summed E-state index contributed by atoms with van der Waals surface area (Å²) in [7, 11) is 0. The largest absolute Gasteiger partial charge is 0.481 e. The lowest BCUT2D eigenvalue weighted by molar-refractivity contribution is -0.152. The molecule has 4 bridgehead atoms. The predicted octanol–water partition coefficient (Wildman–Crippen LogP) is 2.10. The Bertz CT molecular complexity index is 485. The van der Waals surface area contributed by atoms with Crippen LogP contribution < -0.4 is 0 Å². The van der Waals surface area contributed by atoms with Crippen molar-refractivity contribution in [2.75, 3.05) is 0 Å². The summed E-state index contributed by atoms with van der Waals surface area (Å²) in [5, 5.41) is 9.38. The highest BCUT2D eigenvalue weighted by Gasteiger charge is 2.66. The summed E-state index contributed by atoms with van der Waals surface area (Å²) in [6.07, 6.45) is 5.30. The minimum Gasteiger partial charge on any atom is -0.481 e. The maximum atomic E-state index is 11.4. The second kappa shape index (κ2) is 4.09. The Balaban J connectivity index is 1.56. The molecule has 8 atom stereocenters. The molecule has 0 heterocycles. The number of carboxylic acid groups (broad SMARTS) is 1. The average molecular weight is 276 g/mol. The Morgan fingerprint density at radius 2 is 1.75 bits per heavy atom. The lowest BCUT2D eigenvalue weighted by atomic mass is 9.67. The molecule has 0 aromatic heterocycles. The number of rotatable bonds is 3. The molecular weight excluding hydrogens is 256 g/mol. The summed E-state index contributed by atoms with van der Waals surface area (Å²) >= 11 is 0. The highest BCUT2D eigenvalue weighted by Crippen LogP contribution is 2.69. The fourth-order valence-corrected chi connectivity index (χ4v) is 6.16. The van der Waals surface area contributed by atoms with Crippen LogP contribution in [0.2, 0.25) is 0 Å². The molecule has 4 unspecified atom stereocenters. The summed E-state index contributed by atoms with van der Waals surface area (Å²) < 4.78 is 5.50. The van der Waals surface area contributed by atoms with Crippen molar-refractivity contribution in [2.24, 2.45) is 41.4 Å². The van der Waals surface area contributed by atoms with Gasteiger partial charge in [-0.2, -0.15) is 0 Å². The van der Waals surface area contributed by atoms with Crippen molar-refractivity contribution in [2.45, 2.75) is 31.8 Å². The summed E-state index contributed by atoms with van der Waals surface area (Å²) in [6, 6.07) is 0. The number of fused-ring (bicyclic) bond motifs is 9. The van der Waals surface area contributed by atoms with Gasteiger partial charge >= 0.3 is 11.9 Å². The molecule has 0 aromatic carbocycles. The van der Waals surface area contributed by atoms with Gasteiger partial charge in [-0.3, -0.25) is 4.79 Å². The minimum atomic E-state index is -0.627. The van der Waals surface area contributed by atoms with E-state index in [-0.39, 0.29) is 18.0 Å². The van der Waals surface area contributed by atoms with Crippen molar-refractivity contribution in [3.8, 4) is 0 Å². The summed E-state index contributed by atoms with van der Waals surface area (Å²) in [5.41, 5.74) is 0. The molecule has 4 saturated carbocycles. The second-order valence-electron chi connectivity index (χ2n) is 7.07. The maximum Gasteiger partial charge on any atom is 0.330 e. The smallest absolute Gasteiger partial charge is 0.330 e. The van der Waals surface area contributed by atoms with Gasteiger partial charge in [0.05, 0.1) is 5.92 Å². The van der Waals surface area contributed by atoms with Gasteiger partial charge in [-0.1, -0.05) is 6.58 Å². The number of esters is 1. The molecule has 0 spiro atoms. The quantitative estimate of drug-likeness (QED) is 0.487. The summed E-state index contributed by atoms with van der Waals surface area (Å²) in [5.74, 6) is 2.05. The van der Waals surface area contributed by atoms with Crippen molar-refractivity contribution in [3.63, 3.8) is 0 Å². The lowest BCUT2D eigenvalue weighted by Crippen LogP contribution is -2.41. The first-order valence-electron chi connectivity index (χ1n) is 7.66.